The maximum atomic E-state index is 13.7. The monoisotopic (exact) mass is 478 g/mol. The van der Waals surface area contributed by atoms with Gasteiger partial charge in [0.2, 0.25) is 0 Å². The molecule has 3 aliphatic rings. The van der Waals surface area contributed by atoms with E-state index >= 15 is 0 Å². The third kappa shape index (κ3) is 5.30. The van der Waals surface area contributed by atoms with E-state index in [1.165, 1.54) is 0 Å². The molecule has 4 rings (SSSR count). The number of carbonyl (C=O) groups is 2. The molecule has 2 N–H and O–H groups in total. The van der Waals surface area contributed by atoms with Crippen molar-refractivity contribution in [3.05, 3.63) is 29.8 Å². The SMILES string of the molecule is CC(C)(C)OC(=O)N1CCC2(COC(F)C(=O)N2)C1COC1CCC(c2ccccc2O)CC1. The van der Waals surface area contributed by atoms with Gasteiger partial charge in [-0.05, 0) is 70.4 Å². The van der Waals surface area contributed by atoms with Gasteiger partial charge in [-0.3, -0.25) is 4.79 Å². The Labute approximate surface area is 199 Å². The second-order valence-electron chi connectivity index (χ2n) is 10.6. The van der Waals surface area contributed by atoms with E-state index in [1.807, 2.05) is 18.2 Å². The van der Waals surface area contributed by atoms with Gasteiger partial charge in [0.1, 0.15) is 11.4 Å². The molecule has 0 aromatic heterocycles. The standard InChI is InChI=1S/C25H35FN2O6/c1-24(2,3)34-23(31)28-13-12-25(15-33-21(26)22(30)27-25)20(28)14-32-17-10-8-16(9-11-17)18-6-4-5-7-19(18)29/h4-7,16-17,20-21,29H,8-15H2,1-3H3,(H,27,30). The number of morpholine rings is 1. The zero-order chi connectivity index (χ0) is 24.5. The molecule has 2 aliphatic heterocycles. The van der Waals surface area contributed by atoms with Crippen LogP contribution in [0.25, 0.3) is 0 Å². The number of aromatic hydroxyl groups is 1. The van der Waals surface area contributed by atoms with Crippen LogP contribution in [0.1, 0.15) is 64.4 Å². The topological polar surface area (TPSA) is 97.3 Å². The average molecular weight is 479 g/mol. The van der Waals surface area contributed by atoms with Gasteiger partial charge in [-0.1, -0.05) is 18.2 Å². The Bertz CT molecular complexity index is 898. The number of likely N-dealkylation sites (tertiary alicyclic amines) is 1. The summed E-state index contributed by atoms with van der Waals surface area (Å²) in [4.78, 5) is 26.6. The summed E-state index contributed by atoms with van der Waals surface area (Å²) >= 11 is 0. The van der Waals surface area contributed by atoms with E-state index in [1.54, 1.807) is 31.7 Å². The molecule has 3 fully saturated rings. The summed E-state index contributed by atoms with van der Waals surface area (Å²) in [5, 5.41) is 12.9. The van der Waals surface area contributed by atoms with Crippen molar-refractivity contribution in [3.8, 4) is 5.75 Å². The smallest absolute Gasteiger partial charge is 0.410 e. The van der Waals surface area contributed by atoms with E-state index in [-0.39, 0.29) is 25.2 Å². The van der Waals surface area contributed by atoms with Gasteiger partial charge in [-0.15, -0.1) is 0 Å². The zero-order valence-electron chi connectivity index (χ0n) is 20.1. The van der Waals surface area contributed by atoms with Gasteiger partial charge in [0, 0.05) is 6.54 Å². The molecule has 1 saturated carbocycles. The molecule has 2 heterocycles. The summed E-state index contributed by atoms with van der Waals surface area (Å²) in [6.45, 7) is 5.89. The van der Waals surface area contributed by atoms with Gasteiger partial charge in [0.25, 0.3) is 12.3 Å². The Hall–Kier alpha value is -2.39. The minimum absolute atomic E-state index is 0.00521. The predicted molar refractivity (Wildman–Crippen MR) is 122 cm³/mol. The van der Waals surface area contributed by atoms with Crippen LogP contribution in [0.15, 0.2) is 24.3 Å². The van der Waals surface area contributed by atoms with Crippen LogP contribution in [0.4, 0.5) is 9.18 Å². The lowest BCUT2D eigenvalue weighted by Gasteiger charge is -2.42. The van der Waals surface area contributed by atoms with Crippen molar-refractivity contribution in [1.82, 2.24) is 10.2 Å². The third-order valence-corrected chi connectivity index (χ3v) is 7.05. The van der Waals surface area contributed by atoms with Crippen molar-refractivity contribution in [1.29, 1.82) is 0 Å². The molecular formula is C25H35FN2O6. The van der Waals surface area contributed by atoms with Crippen LogP contribution in [0.2, 0.25) is 0 Å². The normalized spacial score (nSPS) is 32.0. The number of phenols is 1. The highest BCUT2D eigenvalue weighted by Crippen LogP contribution is 2.39. The van der Waals surface area contributed by atoms with Crippen molar-refractivity contribution in [3.63, 3.8) is 0 Å². The highest BCUT2D eigenvalue weighted by Gasteiger charge is 2.54. The van der Waals surface area contributed by atoms with Crippen molar-refractivity contribution < 1.29 is 33.3 Å². The summed E-state index contributed by atoms with van der Waals surface area (Å²) in [5.74, 6) is -0.220. The summed E-state index contributed by atoms with van der Waals surface area (Å²) in [6, 6.07) is 6.90. The van der Waals surface area contributed by atoms with Gasteiger partial charge in [-0.2, -0.15) is 0 Å². The van der Waals surface area contributed by atoms with Crippen LogP contribution in [0, 0.1) is 0 Å². The fourth-order valence-corrected chi connectivity index (χ4v) is 5.28. The summed E-state index contributed by atoms with van der Waals surface area (Å²) < 4.78 is 30.7. The summed E-state index contributed by atoms with van der Waals surface area (Å²) in [5.41, 5.74) is -0.616. The van der Waals surface area contributed by atoms with Gasteiger partial charge < -0.3 is 29.5 Å². The first kappa shape index (κ1) is 24.7. The second kappa shape index (κ2) is 9.70. The fourth-order valence-electron chi connectivity index (χ4n) is 5.28. The van der Waals surface area contributed by atoms with Crippen LogP contribution >= 0.6 is 0 Å². The minimum Gasteiger partial charge on any atom is -0.508 e. The number of nitrogens with zero attached hydrogens (tertiary/aromatic N) is 1. The summed E-state index contributed by atoms with van der Waals surface area (Å²) in [6.07, 6.45) is 1.34. The molecule has 9 heteroatoms. The first-order valence-corrected chi connectivity index (χ1v) is 12.0. The third-order valence-electron chi connectivity index (χ3n) is 7.05. The van der Waals surface area contributed by atoms with Crippen LogP contribution in [0.5, 0.6) is 5.75 Å². The lowest BCUT2D eigenvalue weighted by Crippen LogP contribution is -2.66. The maximum Gasteiger partial charge on any atom is 0.410 e. The quantitative estimate of drug-likeness (QED) is 0.686. The number of carbonyl (C=O) groups excluding carboxylic acids is 2. The molecule has 188 valence electrons. The zero-order valence-corrected chi connectivity index (χ0v) is 20.1. The molecule has 8 nitrogen and oxygen atoms in total. The van der Waals surface area contributed by atoms with Crippen LogP contribution in [0.3, 0.4) is 0 Å². The van der Waals surface area contributed by atoms with Crippen LogP contribution in [-0.2, 0) is 19.0 Å². The number of hydrogen-bond donors (Lipinski definition) is 2. The first-order chi connectivity index (χ1) is 16.1. The Morgan fingerprint density at radius 1 is 1.26 bits per heavy atom. The number of alkyl halides is 1. The number of halogens is 1. The highest BCUT2D eigenvalue weighted by atomic mass is 19.1. The number of rotatable bonds is 4. The fraction of sp³-hybridized carbons (Fsp3) is 0.680. The van der Waals surface area contributed by atoms with E-state index in [0.717, 1.165) is 31.2 Å². The summed E-state index contributed by atoms with van der Waals surface area (Å²) in [7, 11) is 0. The van der Waals surface area contributed by atoms with E-state index in [4.69, 9.17) is 14.2 Å². The van der Waals surface area contributed by atoms with E-state index in [9.17, 15) is 19.1 Å². The Kier molecular flexibility index (Phi) is 7.05. The number of para-hydroxylation sites is 1. The van der Waals surface area contributed by atoms with Gasteiger partial charge in [-0.25, -0.2) is 9.18 Å². The predicted octanol–water partition coefficient (Wildman–Crippen LogP) is 3.63. The molecule has 3 unspecified atom stereocenters. The van der Waals surface area contributed by atoms with Crippen molar-refractivity contribution in [2.45, 2.75) is 88.4 Å². The lowest BCUT2D eigenvalue weighted by molar-refractivity contribution is -0.165. The largest absolute Gasteiger partial charge is 0.508 e. The van der Waals surface area contributed by atoms with E-state index < -0.39 is 35.5 Å². The van der Waals surface area contributed by atoms with Crippen molar-refractivity contribution in [2.75, 3.05) is 19.8 Å². The number of amides is 2. The van der Waals surface area contributed by atoms with Crippen molar-refractivity contribution >= 4 is 12.0 Å². The molecule has 0 bridgehead atoms. The molecule has 34 heavy (non-hydrogen) atoms. The molecule has 2 amide bonds. The molecule has 1 aliphatic carbocycles. The number of ether oxygens (including phenoxy) is 3. The second-order valence-corrected chi connectivity index (χ2v) is 10.6. The Morgan fingerprint density at radius 2 is 1.97 bits per heavy atom. The van der Waals surface area contributed by atoms with Gasteiger partial charge in [0.05, 0.1) is 30.9 Å². The van der Waals surface area contributed by atoms with Gasteiger partial charge >= 0.3 is 6.09 Å². The average Bonchev–Trinajstić information content (AvgIpc) is 3.12. The number of benzene rings is 1. The van der Waals surface area contributed by atoms with Crippen molar-refractivity contribution in [2.24, 2.45) is 0 Å². The highest BCUT2D eigenvalue weighted by molar-refractivity contribution is 5.81. The molecule has 1 spiro atoms. The van der Waals surface area contributed by atoms with E-state index in [2.05, 4.69) is 5.32 Å². The number of hydrogen-bond acceptors (Lipinski definition) is 6. The molecule has 1 aromatic rings. The Balaban J connectivity index is 1.42. The molecule has 0 radical (unpaired) electrons. The maximum absolute atomic E-state index is 13.7. The lowest BCUT2D eigenvalue weighted by atomic mass is 9.82. The van der Waals surface area contributed by atoms with E-state index in [0.29, 0.717) is 18.7 Å². The number of phenolic OH excluding ortho intramolecular Hbond substituents is 1. The molecule has 2 saturated heterocycles. The first-order valence-electron chi connectivity index (χ1n) is 12.0. The van der Waals surface area contributed by atoms with Gasteiger partial charge in [0.15, 0.2) is 0 Å². The number of nitrogens with one attached hydrogen (secondary N) is 1. The molecular weight excluding hydrogens is 443 g/mol. The van der Waals surface area contributed by atoms with Crippen LogP contribution in [-0.4, -0.2) is 71.4 Å². The van der Waals surface area contributed by atoms with Crippen LogP contribution < -0.4 is 5.32 Å². The Morgan fingerprint density at radius 3 is 2.62 bits per heavy atom. The minimum atomic E-state index is -2.01. The molecule has 3 atom stereocenters. The molecule has 1 aromatic carbocycles.